The predicted molar refractivity (Wildman–Crippen MR) is 102 cm³/mol. The zero-order chi connectivity index (χ0) is 18.0. The van der Waals surface area contributed by atoms with Gasteiger partial charge in [0.15, 0.2) is 0 Å². The summed E-state index contributed by atoms with van der Waals surface area (Å²) >= 11 is 1.04. The van der Waals surface area contributed by atoms with Crippen molar-refractivity contribution in [2.45, 2.75) is 20.8 Å². The molecule has 0 saturated heterocycles. The lowest BCUT2D eigenvalue weighted by atomic mass is 9.97. The lowest BCUT2D eigenvalue weighted by Gasteiger charge is -2.13. The monoisotopic (exact) mass is 353 g/mol. The molecule has 0 aliphatic carbocycles. The zero-order valence-electron chi connectivity index (χ0n) is 14.4. The van der Waals surface area contributed by atoms with Crippen LogP contribution in [0.1, 0.15) is 18.1 Å². The average Bonchev–Trinajstić information content (AvgIpc) is 2.57. The van der Waals surface area contributed by atoms with Crippen molar-refractivity contribution in [2.24, 2.45) is 0 Å². The molecule has 0 saturated carbocycles. The number of hydrogen-bond acceptors (Lipinski definition) is 5. The third kappa shape index (κ3) is 3.42. The highest BCUT2D eigenvalue weighted by molar-refractivity contribution is 7.12. The largest absolute Gasteiger partial charge is 0.494 e. The second-order valence-corrected chi connectivity index (χ2v) is 6.70. The Kier molecular flexibility index (Phi) is 4.86. The molecule has 3 aromatic rings. The van der Waals surface area contributed by atoms with E-state index in [4.69, 9.17) is 4.74 Å². The van der Waals surface area contributed by atoms with Crippen molar-refractivity contribution in [2.75, 3.05) is 6.61 Å². The van der Waals surface area contributed by atoms with Gasteiger partial charge in [-0.25, -0.2) is 4.98 Å². The van der Waals surface area contributed by atoms with E-state index in [1.165, 1.54) is 0 Å². The first-order valence-electron chi connectivity index (χ1n) is 8.05. The zero-order valence-corrected chi connectivity index (χ0v) is 15.2. The minimum Gasteiger partial charge on any atom is -0.494 e. The fourth-order valence-electron chi connectivity index (χ4n) is 2.89. The van der Waals surface area contributed by atoms with Gasteiger partial charge in [-0.05, 0) is 49.6 Å². The Morgan fingerprint density at radius 3 is 2.28 bits per heavy atom. The molecule has 1 heterocycles. The summed E-state index contributed by atoms with van der Waals surface area (Å²) in [7, 11) is 0. The topological polar surface area (TPSA) is 59.4 Å². The predicted octanol–water partition coefficient (Wildman–Crippen LogP) is 4.56. The molecule has 0 radical (unpaired) electrons. The Morgan fingerprint density at radius 2 is 1.72 bits per heavy atom. The molecule has 4 nitrogen and oxygen atoms in total. The van der Waals surface area contributed by atoms with E-state index in [0.29, 0.717) is 17.2 Å². The Bertz CT molecular complexity index is 941. The van der Waals surface area contributed by atoms with E-state index in [9.17, 15) is 9.90 Å². The van der Waals surface area contributed by atoms with Crippen LogP contribution in [0.3, 0.4) is 0 Å². The van der Waals surface area contributed by atoms with Crippen LogP contribution < -0.4 is 9.48 Å². The van der Waals surface area contributed by atoms with Crippen LogP contribution in [0.25, 0.3) is 21.7 Å². The van der Waals surface area contributed by atoms with Crippen LogP contribution in [0.4, 0.5) is 0 Å². The van der Waals surface area contributed by atoms with E-state index < -0.39 is 0 Å². The lowest BCUT2D eigenvalue weighted by Crippen LogP contribution is -2.05. The number of nitrogens with zero attached hydrogens (tertiary/aromatic N) is 1. The van der Waals surface area contributed by atoms with Crippen molar-refractivity contribution < 1.29 is 9.84 Å². The van der Waals surface area contributed by atoms with Gasteiger partial charge in [0.25, 0.3) is 0 Å². The second kappa shape index (κ2) is 7.07. The Morgan fingerprint density at radius 1 is 1.08 bits per heavy atom. The standard InChI is InChI=1S/C20H19NO3S/c1-4-24-15-10-12(2)16(13(3)11-15)17-18(22)21-19(25-20(17)23)14-8-6-5-7-9-14/h5-11,22H,4H2,1-3H3. The smallest absolute Gasteiger partial charge is 0.247 e. The van der Waals surface area contributed by atoms with Crippen molar-refractivity contribution in [1.29, 1.82) is 0 Å². The molecule has 128 valence electrons. The fraction of sp³-hybridized carbons (Fsp3) is 0.200. The van der Waals surface area contributed by atoms with E-state index in [2.05, 4.69) is 4.98 Å². The molecule has 0 amide bonds. The van der Waals surface area contributed by atoms with Crippen LogP contribution in [0.2, 0.25) is 0 Å². The van der Waals surface area contributed by atoms with Gasteiger partial charge in [0.2, 0.25) is 10.6 Å². The number of aryl methyl sites for hydroxylation is 2. The summed E-state index contributed by atoms with van der Waals surface area (Å²) in [6.07, 6.45) is 0. The van der Waals surface area contributed by atoms with Gasteiger partial charge in [-0.2, -0.15) is 0 Å². The van der Waals surface area contributed by atoms with Gasteiger partial charge in [0.05, 0.1) is 6.61 Å². The van der Waals surface area contributed by atoms with Gasteiger partial charge in [-0.1, -0.05) is 41.7 Å². The van der Waals surface area contributed by atoms with Crippen LogP contribution in [0, 0.1) is 13.8 Å². The number of ether oxygens (including phenoxy) is 1. The number of benzene rings is 2. The van der Waals surface area contributed by atoms with E-state index in [1.54, 1.807) is 0 Å². The molecule has 1 aromatic heterocycles. The highest BCUT2D eigenvalue weighted by Gasteiger charge is 2.19. The summed E-state index contributed by atoms with van der Waals surface area (Å²) in [5.74, 6) is 0.517. The lowest BCUT2D eigenvalue weighted by molar-refractivity contribution is 0.340. The minimum atomic E-state index is -0.238. The van der Waals surface area contributed by atoms with E-state index in [-0.39, 0.29) is 16.2 Å². The van der Waals surface area contributed by atoms with Gasteiger partial charge in [0, 0.05) is 5.56 Å². The first kappa shape index (κ1) is 17.2. The Hall–Kier alpha value is -2.66. The first-order valence-corrected chi connectivity index (χ1v) is 8.86. The van der Waals surface area contributed by atoms with Crippen LogP contribution in [-0.4, -0.2) is 16.7 Å². The first-order chi connectivity index (χ1) is 12.0. The molecular formula is C20H19NO3S. The van der Waals surface area contributed by atoms with Crippen molar-refractivity contribution in [1.82, 2.24) is 4.98 Å². The fourth-order valence-corrected chi connectivity index (χ4v) is 3.75. The van der Waals surface area contributed by atoms with Gasteiger partial charge in [0.1, 0.15) is 16.3 Å². The van der Waals surface area contributed by atoms with Crippen molar-refractivity contribution in [3.8, 4) is 33.3 Å². The van der Waals surface area contributed by atoms with Crippen molar-refractivity contribution in [3.05, 3.63) is 63.1 Å². The van der Waals surface area contributed by atoms with Crippen LogP contribution >= 0.6 is 11.3 Å². The highest BCUT2D eigenvalue weighted by Crippen LogP contribution is 2.35. The van der Waals surface area contributed by atoms with E-state index in [0.717, 1.165) is 33.8 Å². The van der Waals surface area contributed by atoms with Gasteiger partial charge in [-0.3, -0.25) is 4.79 Å². The maximum atomic E-state index is 12.7. The SMILES string of the molecule is CCOc1cc(C)c(-c2c(O)nc(-c3ccccc3)sc2=O)c(C)c1. The molecule has 1 N–H and O–H groups in total. The summed E-state index contributed by atoms with van der Waals surface area (Å²) in [4.78, 5) is 17.0. The Balaban J connectivity index is 2.15. The molecule has 2 aromatic carbocycles. The molecule has 25 heavy (non-hydrogen) atoms. The number of rotatable bonds is 4. The summed E-state index contributed by atoms with van der Waals surface area (Å²) in [6, 6.07) is 13.1. The summed E-state index contributed by atoms with van der Waals surface area (Å²) in [5, 5.41) is 11.0. The number of hydrogen-bond donors (Lipinski definition) is 1. The van der Waals surface area contributed by atoms with Gasteiger partial charge in [-0.15, -0.1) is 0 Å². The van der Waals surface area contributed by atoms with Gasteiger partial charge < -0.3 is 9.84 Å². The maximum absolute atomic E-state index is 12.7. The van der Waals surface area contributed by atoms with Gasteiger partial charge >= 0.3 is 0 Å². The van der Waals surface area contributed by atoms with Crippen LogP contribution in [0.15, 0.2) is 47.3 Å². The van der Waals surface area contributed by atoms with E-state index >= 15 is 0 Å². The maximum Gasteiger partial charge on any atom is 0.247 e. The third-order valence-electron chi connectivity index (χ3n) is 3.91. The molecule has 0 atom stereocenters. The molecule has 0 fully saturated rings. The van der Waals surface area contributed by atoms with Crippen molar-refractivity contribution in [3.63, 3.8) is 0 Å². The molecule has 5 heteroatoms. The second-order valence-electron chi connectivity index (χ2n) is 5.74. The number of aromatic hydroxyl groups is 1. The van der Waals surface area contributed by atoms with E-state index in [1.807, 2.05) is 63.2 Å². The molecule has 0 aliphatic rings. The molecule has 0 aliphatic heterocycles. The molecule has 0 spiro atoms. The minimum absolute atomic E-state index is 0.207. The normalized spacial score (nSPS) is 10.7. The Labute approximate surface area is 150 Å². The highest BCUT2D eigenvalue weighted by atomic mass is 32.1. The molecule has 0 bridgehead atoms. The molecular weight excluding hydrogens is 334 g/mol. The third-order valence-corrected chi connectivity index (χ3v) is 4.82. The summed E-state index contributed by atoms with van der Waals surface area (Å²) < 4.78 is 5.34. The summed E-state index contributed by atoms with van der Waals surface area (Å²) in [6.45, 7) is 6.30. The van der Waals surface area contributed by atoms with Crippen molar-refractivity contribution >= 4 is 11.3 Å². The molecule has 0 unspecified atom stereocenters. The average molecular weight is 353 g/mol. The summed E-state index contributed by atoms with van der Waals surface area (Å²) in [5.41, 5.74) is 3.53. The van der Waals surface area contributed by atoms with Crippen LogP contribution in [-0.2, 0) is 0 Å². The molecule has 3 rings (SSSR count). The number of aromatic nitrogens is 1. The quantitative estimate of drug-likeness (QED) is 0.747. The van der Waals surface area contributed by atoms with Crippen LogP contribution in [0.5, 0.6) is 11.6 Å².